The third kappa shape index (κ3) is 5.11. The quantitative estimate of drug-likeness (QED) is 0.569. The lowest BCUT2D eigenvalue weighted by atomic mass is 10.2. The van der Waals surface area contributed by atoms with Gasteiger partial charge in [-0.2, -0.15) is 13.2 Å². The molecule has 29 heavy (non-hydrogen) atoms. The van der Waals surface area contributed by atoms with Gasteiger partial charge >= 0.3 is 12.1 Å². The van der Waals surface area contributed by atoms with Gasteiger partial charge in [0.15, 0.2) is 6.61 Å². The number of halogens is 3. The Labute approximate surface area is 167 Å². The summed E-state index contributed by atoms with van der Waals surface area (Å²) in [4.78, 5) is 25.5. The van der Waals surface area contributed by atoms with Gasteiger partial charge in [0.25, 0.3) is 0 Å². The van der Waals surface area contributed by atoms with E-state index in [2.05, 4.69) is 25.0 Å². The van der Waals surface area contributed by atoms with Crippen molar-refractivity contribution in [1.29, 1.82) is 0 Å². The van der Waals surface area contributed by atoms with E-state index in [1.807, 2.05) is 0 Å². The molecule has 0 aliphatic heterocycles. The third-order valence-corrected chi connectivity index (χ3v) is 5.01. The number of nitrogens with one attached hydrogen (secondary N) is 1. The van der Waals surface area contributed by atoms with Crippen molar-refractivity contribution in [2.24, 2.45) is 0 Å². The minimum atomic E-state index is -4.42. The second-order valence-electron chi connectivity index (χ2n) is 5.94. The highest BCUT2D eigenvalue weighted by Crippen LogP contribution is 2.33. The van der Waals surface area contributed by atoms with E-state index in [0.29, 0.717) is 22.1 Å². The molecule has 1 N–H and O–H groups in total. The van der Waals surface area contributed by atoms with E-state index in [4.69, 9.17) is 4.74 Å². The smallest absolute Gasteiger partial charge is 0.422 e. The molecule has 3 rings (SSSR count). The minimum absolute atomic E-state index is 0.108. The van der Waals surface area contributed by atoms with Crippen LogP contribution in [0.1, 0.15) is 27.7 Å². The van der Waals surface area contributed by atoms with E-state index in [0.717, 1.165) is 16.5 Å². The highest BCUT2D eigenvalue weighted by molar-refractivity contribution is 7.20. The molecule has 3 heterocycles. The van der Waals surface area contributed by atoms with E-state index in [-0.39, 0.29) is 12.5 Å². The van der Waals surface area contributed by atoms with E-state index >= 15 is 0 Å². The van der Waals surface area contributed by atoms with Crippen LogP contribution >= 0.6 is 11.3 Å². The molecule has 11 heteroatoms. The van der Waals surface area contributed by atoms with E-state index in [9.17, 15) is 18.0 Å². The van der Waals surface area contributed by atoms with Crippen LogP contribution in [0, 0.1) is 6.92 Å². The molecular weight excluding hydrogens is 409 g/mol. The van der Waals surface area contributed by atoms with Gasteiger partial charge in [-0.25, -0.2) is 19.7 Å². The molecule has 0 atom stereocenters. The van der Waals surface area contributed by atoms with Crippen LogP contribution in [-0.4, -0.2) is 40.3 Å². The highest BCUT2D eigenvalue weighted by atomic mass is 32.1. The fourth-order valence-electron chi connectivity index (χ4n) is 2.54. The Hall–Kier alpha value is -2.95. The summed E-state index contributed by atoms with van der Waals surface area (Å²) in [5, 5.41) is 3.87. The summed E-state index contributed by atoms with van der Waals surface area (Å²) in [6, 6.07) is 2.97. The van der Waals surface area contributed by atoms with Crippen LogP contribution in [0.3, 0.4) is 0 Å². The van der Waals surface area contributed by atoms with Gasteiger partial charge in [0, 0.05) is 18.8 Å². The Morgan fingerprint density at radius 1 is 1.24 bits per heavy atom. The van der Waals surface area contributed by atoms with Crippen LogP contribution in [-0.2, 0) is 11.3 Å². The molecule has 0 fully saturated rings. The summed E-state index contributed by atoms with van der Waals surface area (Å²) in [5.41, 5.74) is 1.44. The van der Waals surface area contributed by atoms with Crippen LogP contribution in [0.5, 0.6) is 5.88 Å². The lowest BCUT2D eigenvalue weighted by Crippen LogP contribution is -2.19. The molecule has 0 unspecified atom stereocenters. The van der Waals surface area contributed by atoms with Crippen LogP contribution < -0.4 is 10.1 Å². The summed E-state index contributed by atoms with van der Waals surface area (Å²) in [7, 11) is 0. The van der Waals surface area contributed by atoms with Crippen molar-refractivity contribution in [3.8, 4) is 5.88 Å². The zero-order chi connectivity index (χ0) is 21.0. The molecule has 7 nitrogen and oxygen atoms in total. The molecule has 0 aromatic carbocycles. The van der Waals surface area contributed by atoms with Crippen molar-refractivity contribution < 1.29 is 27.4 Å². The van der Waals surface area contributed by atoms with Crippen molar-refractivity contribution in [1.82, 2.24) is 15.0 Å². The molecule has 0 aliphatic rings. The van der Waals surface area contributed by atoms with Gasteiger partial charge < -0.3 is 14.8 Å². The molecular formula is C18H17F3N4O3S. The van der Waals surface area contributed by atoms with Gasteiger partial charge in [0.2, 0.25) is 5.88 Å². The summed E-state index contributed by atoms with van der Waals surface area (Å²) in [6.07, 6.45) is -1.61. The predicted octanol–water partition coefficient (Wildman–Crippen LogP) is 4.12. The number of hydrogen-bond donors (Lipinski definition) is 1. The number of esters is 1. The molecule has 0 saturated heterocycles. The highest BCUT2D eigenvalue weighted by Gasteiger charge is 2.28. The van der Waals surface area contributed by atoms with Crippen molar-refractivity contribution >= 4 is 33.3 Å². The second-order valence-corrected chi connectivity index (χ2v) is 6.94. The van der Waals surface area contributed by atoms with E-state index in [1.54, 1.807) is 19.9 Å². The fourth-order valence-corrected chi connectivity index (χ4v) is 3.58. The summed E-state index contributed by atoms with van der Waals surface area (Å²) >= 11 is 1.23. The number of ether oxygens (including phenoxy) is 2. The monoisotopic (exact) mass is 426 g/mol. The molecule has 154 valence electrons. The topological polar surface area (TPSA) is 86.2 Å². The van der Waals surface area contributed by atoms with Crippen molar-refractivity contribution in [3.05, 3.63) is 40.7 Å². The summed E-state index contributed by atoms with van der Waals surface area (Å²) in [6.45, 7) is 2.74. The van der Waals surface area contributed by atoms with Crippen molar-refractivity contribution in [3.63, 3.8) is 0 Å². The molecule has 3 aromatic heterocycles. The van der Waals surface area contributed by atoms with Gasteiger partial charge in [0.05, 0.1) is 12.0 Å². The predicted molar refractivity (Wildman–Crippen MR) is 101 cm³/mol. The maximum absolute atomic E-state index is 12.2. The number of aromatic nitrogens is 3. The number of pyridine rings is 1. The van der Waals surface area contributed by atoms with E-state index < -0.39 is 18.8 Å². The third-order valence-electron chi connectivity index (χ3n) is 3.83. The van der Waals surface area contributed by atoms with Crippen molar-refractivity contribution in [2.75, 3.05) is 18.5 Å². The summed E-state index contributed by atoms with van der Waals surface area (Å²) < 4.78 is 46.2. The first-order chi connectivity index (χ1) is 13.8. The largest absolute Gasteiger partial charge is 0.468 e. The molecule has 0 aliphatic carbocycles. The lowest BCUT2D eigenvalue weighted by molar-refractivity contribution is -0.154. The average molecular weight is 426 g/mol. The molecule has 0 spiro atoms. The normalized spacial score (nSPS) is 11.5. The maximum Gasteiger partial charge on any atom is 0.422 e. The number of anilines is 1. The first-order valence-electron chi connectivity index (χ1n) is 8.58. The number of hydrogen-bond acceptors (Lipinski definition) is 8. The van der Waals surface area contributed by atoms with Crippen LogP contribution in [0.15, 0.2) is 24.7 Å². The summed E-state index contributed by atoms with van der Waals surface area (Å²) in [5.74, 6) is 0.0255. The Bertz CT molecular complexity index is 1010. The number of fused-ring (bicyclic) bond motifs is 1. The van der Waals surface area contributed by atoms with E-state index in [1.165, 1.54) is 29.9 Å². The number of thiophene rings is 1. The Morgan fingerprint density at radius 3 is 2.69 bits per heavy atom. The zero-order valence-electron chi connectivity index (χ0n) is 15.5. The van der Waals surface area contributed by atoms with Gasteiger partial charge in [0.1, 0.15) is 21.9 Å². The maximum atomic E-state index is 12.2. The second kappa shape index (κ2) is 8.60. The molecule has 0 radical (unpaired) electrons. The molecule has 0 saturated carbocycles. The zero-order valence-corrected chi connectivity index (χ0v) is 16.4. The first kappa shape index (κ1) is 20.8. The Kier molecular flexibility index (Phi) is 6.16. The van der Waals surface area contributed by atoms with Crippen LogP contribution in [0.25, 0.3) is 10.2 Å². The van der Waals surface area contributed by atoms with Gasteiger partial charge in [-0.1, -0.05) is 6.07 Å². The average Bonchev–Trinajstić information content (AvgIpc) is 3.02. The number of carbonyl (C=O) groups is 1. The van der Waals surface area contributed by atoms with Crippen LogP contribution in [0.4, 0.5) is 19.0 Å². The number of nitrogens with zero attached hydrogens (tertiary/aromatic N) is 3. The standard InChI is InChI=1S/C18H17F3N4O3S/c1-3-27-17(26)14-10(2)13-15(24-9-25-16(13)29-14)23-7-11-4-5-12(22-6-11)28-8-18(19,20)21/h4-6,9H,3,7-8H2,1-2H3,(H,23,24,25). The fraction of sp³-hybridized carbons (Fsp3) is 0.333. The van der Waals surface area contributed by atoms with Gasteiger partial charge in [-0.15, -0.1) is 11.3 Å². The van der Waals surface area contributed by atoms with Crippen LogP contribution in [0.2, 0.25) is 0 Å². The SMILES string of the molecule is CCOC(=O)c1sc2ncnc(NCc3ccc(OCC(F)(F)F)nc3)c2c1C. The van der Waals surface area contributed by atoms with Gasteiger partial charge in [-0.05, 0) is 25.0 Å². The first-order valence-corrected chi connectivity index (χ1v) is 9.39. The Balaban J connectivity index is 1.73. The number of rotatable bonds is 7. The Morgan fingerprint density at radius 2 is 2.03 bits per heavy atom. The molecule has 0 bridgehead atoms. The lowest BCUT2D eigenvalue weighted by Gasteiger charge is -2.10. The molecule has 0 amide bonds. The van der Waals surface area contributed by atoms with Gasteiger partial charge in [-0.3, -0.25) is 0 Å². The van der Waals surface area contributed by atoms with Crippen molar-refractivity contribution in [2.45, 2.75) is 26.6 Å². The number of carbonyl (C=O) groups excluding carboxylic acids is 1. The number of alkyl halides is 3. The number of aryl methyl sites for hydroxylation is 1. The molecule has 3 aromatic rings. The minimum Gasteiger partial charge on any atom is -0.468 e.